The molecule has 1 aliphatic rings. The minimum Gasteiger partial charge on any atom is -0.390 e. The normalized spacial score (nSPS) is 19.7. The first-order chi connectivity index (χ1) is 7.93. The van der Waals surface area contributed by atoms with Crippen LogP contribution >= 0.6 is 0 Å². The first-order valence-electron chi connectivity index (χ1n) is 5.89. The molecule has 1 saturated heterocycles. The molecule has 0 bridgehead atoms. The molecule has 3 amide bonds. The SMILES string of the molecule is CNC(=O)NC(=O)CCN1CCC(C)(O)CC1. The summed E-state index contributed by atoms with van der Waals surface area (Å²) in [7, 11) is 1.47. The van der Waals surface area contributed by atoms with Crippen LogP contribution in [-0.2, 0) is 4.79 Å². The molecule has 6 heteroatoms. The van der Waals surface area contributed by atoms with Gasteiger partial charge in [-0.25, -0.2) is 4.79 Å². The Morgan fingerprint density at radius 3 is 2.47 bits per heavy atom. The molecular formula is C11H21N3O3. The Morgan fingerprint density at radius 1 is 1.35 bits per heavy atom. The van der Waals surface area contributed by atoms with Gasteiger partial charge in [0.1, 0.15) is 0 Å². The van der Waals surface area contributed by atoms with Crippen LogP contribution in [0.3, 0.4) is 0 Å². The van der Waals surface area contributed by atoms with E-state index < -0.39 is 11.6 Å². The number of nitrogens with one attached hydrogen (secondary N) is 2. The zero-order valence-electron chi connectivity index (χ0n) is 10.5. The molecule has 0 saturated carbocycles. The second-order valence-electron chi connectivity index (χ2n) is 4.72. The molecular weight excluding hydrogens is 222 g/mol. The Labute approximate surface area is 101 Å². The van der Waals surface area contributed by atoms with Gasteiger partial charge < -0.3 is 15.3 Å². The number of likely N-dealkylation sites (tertiary alicyclic amines) is 1. The van der Waals surface area contributed by atoms with E-state index in [-0.39, 0.29) is 5.91 Å². The smallest absolute Gasteiger partial charge is 0.321 e. The molecule has 98 valence electrons. The molecule has 0 atom stereocenters. The first kappa shape index (κ1) is 13.9. The van der Waals surface area contributed by atoms with Gasteiger partial charge in [0.05, 0.1) is 5.60 Å². The highest BCUT2D eigenvalue weighted by Crippen LogP contribution is 2.20. The van der Waals surface area contributed by atoms with Gasteiger partial charge in [-0.3, -0.25) is 10.1 Å². The van der Waals surface area contributed by atoms with Gasteiger partial charge in [-0.15, -0.1) is 0 Å². The number of nitrogens with zero attached hydrogens (tertiary/aromatic N) is 1. The van der Waals surface area contributed by atoms with Crippen molar-refractivity contribution in [2.75, 3.05) is 26.7 Å². The highest BCUT2D eigenvalue weighted by molar-refractivity contribution is 5.94. The fourth-order valence-corrected chi connectivity index (χ4v) is 1.77. The molecule has 0 radical (unpaired) electrons. The van der Waals surface area contributed by atoms with Crippen LogP contribution in [0.2, 0.25) is 0 Å². The van der Waals surface area contributed by atoms with E-state index in [4.69, 9.17) is 0 Å². The standard InChI is InChI=1S/C11H21N3O3/c1-11(17)4-7-14(8-5-11)6-3-9(15)13-10(16)12-2/h17H,3-8H2,1-2H3,(H2,12,13,15,16). The number of hydrogen-bond donors (Lipinski definition) is 3. The fourth-order valence-electron chi connectivity index (χ4n) is 1.77. The van der Waals surface area contributed by atoms with Gasteiger partial charge >= 0.3 is 6.03 Å². The Bertz CT molecular complexity index is 282. The summed E-state index contributed by atoms with van der Waals surface area (Å²) >= 11 is 0. The van der Waals surface area contributed by atoms with Gasteiger partial charge in [-0.05, 0) is 19.8 Å². The van der Waals surface area contributed by atoms with Crippen molar-refractivity contribution in [2.24, 2.45) is 0 Å². The number of imide groups is 1. The summed E-state index contributed by atoms with van der Waals surface area (Å²) in [5, 5.41) is 14.3. The van der Waals surface area contributed by atoms with Crippen LogP contribution in [0.1, 0.15) is 26.2 Å². The van der Waals surface area contributed by atoms with E-state index in [2.05, 4.69) is 15.5 Å². The molecule has 0 spiro atoms. The van der Waals surface area contributed by atoms with E-state index in [1.54, 1.807) is 0 Å². The number of hydrogen-bond acceptors (Lipinski definition) is 4. The minimum atomic E-state index is -0.569. The van der Waals surface area contributed by atoms with Crippen LogP contribution in [0.25, 0.3) is 0 Å². The Morgan fingerprint density at radius 2 is 1.94 bits per heavy atom. The molecule has 0 aromatic rings. The van der Waals surface area contributed by atoms with Gasteiger partial charge in [0.25, 0.3) is 0 Å². The van der Waals surface area contributed by atoms with E-state index in [0.717, 1.165) is 25.9 Å². The van der Waals surface area contributed by atoms with Crippen LogP contribution in [-0.4, -0.2) is 54.2 Å². The van der Waals surface area contributed by atoms with Crippen LogP contribution in [0.4, 0.5) is 4.79 Å². The van der Waals surface area contributed by atoms with Crippen molar-refractivity contribution in [3.05, 3.63) is 0 Å². The molecule has 1 heterocycles. The highest BCUT2D eigenvalue weighted by Gasteiger charge is 2.27. The fraction of sp³-hybridized carbons (Fsp3) is 0.818. The van der Waals surface area contributed by atoms with Crippen molar-refractivity contribution >= 4 is 11.9 Å². The molecule has 0 aromatic carbocycles. The van der Waals surface area contributed by atoms with Crippen molar-refractivity contribution in [2.45, 2.75) is 31.8 Å². The second-order valence-corrected chi connectivity index (χ2v) is 4.72. The summed E-state index contributed by atoms with van der Waals surface area (Å²) in [6.45, 7) is 4.04. The number of aliphatic hydroxyl groups is 1. The largest absolute Gasteiger partial charge is 0.390 e. The summed E-state index contributed by atoms with van der Waals surface area (Å²) in [5.74, 6) is -0.276. The predicted molar refractivity (Wildman–Crippen MR) is 63.5 cm³/mol. The highest BCUT2D eigenvalue weighted by atomic mass is 16.3. The molecule has 1 rings (SSSR count). The predicted octanol–water partition coefficient (Wildman–Crippen LogP) is -0.321. The van der Waals surface area contributed by atoms with Crippen molar-refractivity contribution in [3.8, 4) is 0 Å². The summed E-state index contributed by atoms with van der Waals surface area (Å²) in [6, 6.07) is -0.475. The summed E-state index contributed by atoms with van der Waals surface area (Å²) in [4.78, 5) is 24.3. The van der Waals surface area contributed by atoms with Crippen molar-refractivity contribution < 1.29 is 14.7 Å². The van der Waals surface area contributed by atoms with Crippen LogP contribution in [0, 0.1) is 0 Å². The maximum absolute atomic E-state index is 11.3. The lowest BCUT2D eigenvalue weighted by atomic mass is 9.94. The Hall–Kier alpha value is -1.14. The van der Waals surface area contributed by atoms with E-state index in [9.17, 15) is 14.7 Å². The number of urea groups is 1. The summed E-state index contributed by atoms with van der Waals surface area (Å²) < 4.78 is 0. The molecule has 17 heavy (non-hydrogen) atoms. The molecule has 1 fully saturated rings. The molecule has 0 unspecified atom stereocenters. The van der Waals surface area contributed by atoms with Crippen LogP contribution in [0.5, 0.6) is 0 Å². The third-order valence-electron chi connectivity index (χ3n) is 3.07. The van der Waals surface area contributed by atoms with E-state index in [1.165, 1.54) is 7.05 Å². The molecule has 0 aliphatic carbocycles. The molecule has 1 aliphatic heterocycles. The van der Waals surface area contributed by atoms with Gasteiger partial charge in [0.2, 0.25) is 5.91 Å². The average molecular weight is 243 g/mol. The molecule has 3 N–H and O–H groups in total. The number of carbonyl (C=O) groups is 2. The van der Waals surface area contributed by atoms with Gasteiger partial charge in [-0.1, -0.05) is 0 Å². The van der Waals surface area contributed by atoms with Crippen molar-refractivity contribution in [1.82, 2.24) is 15.5 Å². The lowest BCUT2D eigenvalue weighted by Crippen LogP contribution is -2.44. The Kier molecular flexibility index (Phi) is 4.89. The van der Waals surface area contributed by atoms with Gasteiger partial charge in [0.15, 0.2) is 0 Å². The minimum absolute atomic E-state index is 0.276. The van der Waals surface area contributed by atoms with Crippen molar-refractivity contribution in [3.63, 3.8) is 0 Å². The van der Waals surface area contributed by atoms with Gasteiger partial charge in [-0.2, -0.15) is 0 Å². The topological polar surface area (TPSA) is 81.7 Å². The third kappa shape index (κ3) is 5.14. The van der Waals surface area contributed by atoms with E-state index in [1.807, 2.05) is 6.92 Å². The number of amides is 3. The van der Waals surface area contributed by atoms with Crippen LogP contribution < -0.4 is 10.6 Å². The Balaban J connectivity index is 2.19. The van der Waals surface area contributed by atoms with E-state index >= 15 is 0 Å². The van der Waals surface area contributed by atoms with Crippen molar-refractivity contribution in [1.29, 1.82) is 0 Å². The summed E-state index contributed by atoms with van der Waals surface area (Å²) in [5.41, 5.74) is -0.569. The van der Waals surface area contributed by atoms with Crippen LogP contribution in [0.15, 0.2) is 0 Å². The average Bonchev–Trinajstić information content (AvgIpc) is 2.27. The molecule has 0 aromatic heterocycles. The lowest BCUT2D eigenvalue weighted by molar-refractivity contribution is -0.120. The zero-order valence-corrected chi connectivity index (χ0v) is 10.5. The number of piperidine rings is 1. The van der Waals surface area contributed by atoms with E-state index in [0.29, 0.717) is 13.0 Å². The zero-order chi connectivity index (χ0) is 12.9. The maximum Gasteiger partial charge on any atom is 0.321 e. The quantitative estimate of drug-likeness (QED) is 0.634. The molecule has 6 nitrogen and oxygen atoms in total. The second kappa shape index (κ2) is 5.97. The maximum atomic E-state index is 11.3. The van der Waals surface area contributed by atoms with Gasteiger partial charge in [0, 0.05) is 33.1 Å². The number of carbonyl (C=O) groups excluding carboxylic acids is 2. The summed E-state index contributed by atoms with van der Waals surface area (Å²) in [6.07, 6.45) is 1.75. The first-order valence-corrected chi connectivity index (χ1v) is 5.89. The number of rotatable bonds is 3. The lowest BCUT2D eigenvalue weighted by Gasteiger charge is -2.35. The monoisotopic (exact) mass is 243 g/mol. The third-order valence-corrected chi connectivity index (χ3v) is 3.07.